The maximum absolute atomic E-state index is 2.38. The van der Waals surface area contributed by atoms with Crippen LogP contribution in [0.3, 0.4) is 0 Å². The summed E-state index contributed by atoms with van der Waals surface area (Å²) in [6.45, 7) is 2.17. The first-order valence-electron chi connectivity index (χ1n) is 5.55. The summed E-state index contributed by atoms with van der Waals surface area (Å²) < 4.78 is 0. The minimum Gasteiger partial charge on any atom is -0.0590 e. The van der Waals surface area contributed by atoms with Gasteiger partial charge in [-0.3, -0.25) is 0 Å². The molecule has 0 spiro atoms. The number of hydrogen-bond donors (Lipinski definition) is 0. The van der Waals surface area contributed by atoms with Crippen LogP contribution < -0.4 is 0 Å². The van der Waals surface area contributed by atoms with Crippen LogP contribution in [0.4, 0.5) is 0 Å². The average Bonchev–Trinajstić information content (AvgIpc) is 3.09. The molecule has 0 saturated heterocycles. The van der Waals surface area contributed by atoms with Gasteiger partial charge in [-0.25, -0.2) is 0 Å². The van der Waals surface area contributed by atoms with E-state index >= 15 is 0 Å². The van der Waals surface area contributed by atoms with Gasteiger partial charge in [-0.1, -0.05) is 42.0 Å². The molecule has 0 aliphatic heterocycles. The van der Waals surface area contributed by atoms with Crippen molar-refractivity contribution < 1.29 is 0 Å². The molecule has 0 unspecified atom stereocenters. The molecule has 2 aliphatic rings. The molecule has 0 amide bonds. The lowest BCUT2D eigenvalue weighted by Gasteiger charge is -1.94. The number of aryl methyl sites for hydroxylation is 1. The lowest BCUT2D eigenvalue weighted by molar-refractivity contribution is 1.21. The Kier molecular flexibility index (Phi) is 1.19. The third kappa shape index (κ3) is 1.02. The van der Waals surface area contributed by atoms with Gasteiger partial charge >= 0.3 is 0 Å². The Morgan fingerprint density at radius 3 is 2.67 bits per heavy atom. The number of fused-ring (bicyclic) bond motifs is 2. The highest BCUT2D eigenvalue weighted by Gasteiger charge is 2.34. The van der Waals surface area contributed by atoms with Crippen molar-refractivity contribution in [1.29, 1.82) is 0 Å². The van der Waals surface area contributed by atoms with Crippen molar-refractivity contribution in [3.05, 3.63) is 69.8 Å². The molecule has 1 atom stereocenters. The second-order valence-corrected chi connectivity index (χ2v) is 4.77. The van der Waals surface area contributed by atoms with Gasteiger partial charge in [0.25, 0.3) is 0 Å². The maximum atomic E-state index is 2.38. The topological polar surface area (TPSA) is 0 Å². The van der Waals surface area contributed by atoms with Gasteiger partial charge in [0.05, 0.1) is 0 Å². The molecule has 0 bridgehead atoms. The molecule has 0 aromatic heterocycles. The first kappa shape index (κ1) is 7.70. The summed E-state index contributed by atoms with van der Waals surface area (Å²) in [6.07, 6.45) is 1.22. The Labute approximate surface area is 89.6 Å². The minimum absolute atomic E-state index is 0.615. The first-order valence-corrected chi connectivity index (χ1v) is 5.55. The molecule has 15 heavy (non-hydrogen) atoms. The lowest BCUT2D eigenvalue weighted by Crippen LogP contribution is -1.78. The van der Waals surface area contributed by atoms with Gasteiger partial charge in [0.1, 0.15) is 0 Å². The van der Waals surface area contributed by atoms with E-state index in [1.54, 1.807) is 11.1 Å². The van der Waals surface area contributed by atoms with Gasteiger partial charge < -0.3 is 0 Å². The molecule has 0 fully saturated rings. The zero-order valence-corrected chi connectivity index (χ0v) is 8.75. The smallest absolute Gasteiger partial charge is 0.0346 e. The summed E-state index contributed by atoms with van der Waals surface area (Å²) in [5.41, 5.74) is 9.04. The van der Waals surface area contributed by atoms with Gasteiger partial charge in [-0.05, 0) is 41.2 Å². The van der Waals surface area contributed by atoms with E-state index in [1.807, 2.05) is 0 Å². The SMILES string of the molecule is Cc1ccc2c(c1)[C@@H]2c1ccc2c(c1)C2. The van der Waals surface area contributed by atoms with Crippen molar-refractivity contribution in [3.8, 4) is 0 Å². The van der Waals surface area contributed by atoms with Crippen LogP contribution in [0.1, 0.15) is 39.3 Å². The number of hydrogen-bond acceptors (Lipinski definition) is 0. The Hall–Kier alpha value is -1.56. The Morgan fingerprint density at radius 1 is 0.933 bits per heavy atom. The van der Waals surface area contributed by atoms with Gasteiger partial charge in [0.15, 0.2) is 0 Å². The predicted molar refractivity (Wildman–Crippen MR) is 61.4 cm³/mol. The second kappa shape index (κ2) is 2.33. The van der Waals surface area contributed by atoms with Gasteiger partial charge in [0, 0.05) is 5.92 Å². The minimum atomic E-state index is 0.615. The summed E-state index contributed by atoms with van der Waals surface area (Å²) in [6, 6.07) is 13.8. The Bertz CT molecular complexity index is 579. The molecule has 0 nitrogen and oxygen atoms in total. The van der Waals surface area contributed by atoms with Crippen LogP contribution in [0.5, 0.6) is 0 Å². The molecular formula is C15H12. The molecule has 2 aromatic rings. The van der Waals surface area contributed by atoms with Crippen LogP contribution in [0, 0.1) is 6.92 Å². The van der Waals surface area contributed by atoms with Crippen LogP contribution in [-0.4, -0.2) is 0 Å². The summed E-state index contributed by atoms with van der Waals surface area (Å²) in [7, 11) is 0. The molecule has 2 aliphatic carbocycles. The highest BCUT2D eigenvalue weighted by molar-refractivity contribution is 5.63. The monoisotopic (exact) mass is 192 g/mol. The Morgan fingerprint density at radius 2 is 1.87 bits per heavy atom. The van der Waals surface area contributed by atoms with Crippen molar-refractivity contribution in [2.45, 2.75) is 19.3 Å². The third-order valence-corrected chi connectivity index (χ3v) is 3.60. The molecular weight excluding hydrogens is 180 g/mol. The molecule has 0 heterocycles. The molecule has 0 heteroatoms. The fourth-order valence-corrected chi connectivity index (χ4v) is 2.59. The van der Waals surface area contributed by atoms with E-state index in [0.29, 0.717) is 5.92 Å². The largest absolute Gasteiger partial charge is 0.0590 e. The lowest BCUT2D eigenvalue weighted by atomic mass is 10.1. The molecule has 0 N–H and O–H groups in total. The number of rotatable bonds is 1. The fourth-order valence-electron chi connectivity index (χ4n) is 2.59. The van der Waals surface area contributed by atoms with Crippen molar-refractivity contribution >= 4 is 0 Å². The maximum Gasteiger partial charge on any atom is 0.0346 e. The van der Waals surface area contributed by atoms with Crippen LogP contribution in [0.15, 0.2) is 36.4 Å². The summed E-state index contributed by atoms with van der Waals surface area (Å²) in [5, 5.41) is 0. The predicted octanol–water partition coefficient (Wildman–Crippen LogP) is 3.39. The van der Waals surface area contributed by atoms with Crippen molar-refractivity contribution in [1.82, 2.24) is 0 Å². The van der Waals surface area contributed by atoms with E-state index in [2.05, 4.69) is 43.3 Å². The zero-order valence-electron chi connectivity index (χ0n) is 8.75. The number of benzene rings is 2. The van der Waals surface area contributed by atoms with Crippen LogP contribution in [0.25, 0.3) is 0 Å². The Balaban J connectivity index is 1.78. The van der Waals surface area contributed by atoms with Gasteiger partial charge in [0.2, 0.25) is 0 Å². The fraction of sp³-hybridized carbons (Fsp3) is 0.200. The zero-order chi connectivity index (χ0) is 9.99. The van der Waals surface area contributed by atoms with Crippen LogP contribution >= 0.6 is 0 Å². The summed E-state index contributed by atoms with van der Waals surface area (Å²) >= 11 is 0. The van der Waals surface area contributed by atoms with Crippen LogP contribution in [0.2, 0.25) is 0 Å². The van der Waals surface area contributed by atoms with E-state index < -0.39 is 0 Å². The van der Waals surface area contributed by atoms with Gasteiger partial charge in [-0.2, -0.15) is 0 Å². The van der Waals surface area contributed by atoms with Crippen molar-refractivity contribution in [3.63, 3.8) is 0 Å². The van der Waals surface area contributed by atoms with E-state index in [0.717, 1.165) is 0 Å². The summed E-state index contributed by atoms with van der Waals surface area (Å²) in [4.78, 5) is 0. The molecule has 2 aromatic carbocycles. The molecule has 4 rings (SSSR count). The normalized spacial score (nSPS) is 19.4. The van der Waals surface area contributed by atoms with Gasteiger partial charge in [-0.15, -0.1) is 0 Å². The molecule has 72 valence electrons. The molecule has 0 saturated carbocycles. The second-order valence-electron chi connectivity index (χ2n) is 4.77. The average molecular weight is 192 g/mol. The van der Waals surface area contributed by atoms with E-state index in [-0.39, 0.29) is 0 Å². The first-order chi connectivity index (χ1) is 7.33. The van der Waals surface area contributed by atoms with Crippen molar-refractivity contribution in [2.75, 3.05) is 0 Å². The van der Waals surface area contributed by atoms with E-state index in [9.17, 15) is 0 Å². The molecule has 0 radical (unpaired) electrons. The quantitative estimate of drug-likeness (QED) is 0.433. The van der Waals surface area contributed by atoms with E-state index in [4.69, 9.17) is 0 Å². The summed E-state index contributed by atoms with van der Waals surface area (Å²) in [5.74, 6) is 0.615. The van der Waals surface area contributed by atoms with Crippen LogP contribution in [-0.2, 0) is 6.42 Å². The third-order valence-electron chi connectivity index (χ3n) is 3.60. The highest BCUT2D eigenvalue weighted by Crippen LogP contribution is 2.49. The standard InChI is InChI=1S/C15H12/c1-9-2-5-13-14(6-9)15(13)11-4-3-10-7-12(10)8-11/h2-6,8,15H,7H2,1H3/t15-/m1/s1. The highest BCUT2D eigenvalue weighted by atomic mass is 14.4. The van der Waals surface area contributed by atoms with E-state index in [1.165, 1.54) is 28.7 Å². The van der Waals surface area contributed by atoms with Crippen molar-refractivity contribution in [2.24, 2.45) is 0 Å².